The monoisotopic (exact) mass is 321 g/mol. The highest BCUT2D eigenvalue weighted by Crippen LogP contribution is 2.23. The molecule has 2 heterocycles. The molecule has 0 atom stereocenters. The van der Waals surface area contributed by atoms with E-state index in [1.54, 1.807) is 6.92 Å². The molecule has 0 radical (unpaired) electrons. The number of nitrogens with zero attached hydrogens (tertiary/aromatic N) is 4. The summed E-state index contributed by atoms with van der Waals surface area (Å²) in [5, 5.41) is 30.7. The molecule has 0 amide bonds. The minimum absolute atomic E-state index is 0.0115. The fraction of sp³-hybridized carbons (Fsp3) is 0.429. The Morgan fingerprint density at radius 1 is 1.45 bits per heavy atom. The number of nitrogens with one attached hydrogen (secondary N) is 1. The van der Waals surface area contributed by atoms with Crippen molar-refractivity contribution >= 4 is 18.4 Å². The lowest BCUT2D eigenvalue weighted by atomic mass is 9.96. The van der Waals surface area contributed by atoms with E-state index in [-0.39, 0.29) is 17.8 Å². The first-order valence-electron chi connectivity index (χ1n) is 6.76. The molecular weight excluding hydrogens is 302 g/mol. The number of aliphatic hydroxyl groups excluding tert-OH is 1. The van der Waals surface area contributed by atoms with Crippen molar-refractivity contribution in [1.29, 1.82) is 0 Å². The van der Waals surface area contributed by atoms with Crippen molar-refractivity contribution in [2.75, 3.05) is 0 Å². The van der Waals surface area contributed by atoms with Crippen molar-refractivity contribution in [3.05, 3.63) is 33.6 Å². The summed E-state index contributed by atoms with van der Waals surface area (Å²) in [4.78, 5) is 4.01. The van der Waals surface area contributed by atoms with Gasteiger partial charge in [0.05, 0.1) is 18.5 Å². The second-order valence-electron chi connectivity index (χ2n) is 5.95. The van der Waals surface area contributed by atoms with Crippen LogP contribution in [-0.2, 0) is 12.0 Å². The Balaban J connectivity index is 2.53. The van der Waals surface area contributed by atoms with Gasteiger partial charge >= 0.3 is 0 Å². The Morgan fingerprint density at radius 2 is 2.14 bits per heavy atom. The van der Waals surface area contributed by atoms with Gasteiger partial charge in [0.1, 0.15) is 5.75 Å². The Hall–Kier alpha value is -2.06. The molecule has 2 aromatic rings. The zero-order valence-corrected chi connectivity index (χ0v) is 13.8. The van der Waals surface area contributed by atoms with Gasteiger partial charge in [0.25, 0.3) is 0 Å². The lowest BCUT2D eigenvalue weighted by Gasteiger charge is -2.16. The molecule has 2 aromatic heterocycles. The molecule has 2 rings (SSSR count). The van der Waals surface area contributed by atoms with Crippen molar-refractivity contribution in [2.24, 2.45) is 5.10 Å². The van der Waals surface area contributed by atoms with Crippen molar-refractivity contribution in [3.63, 3.8) is 0 Å². The van der Waals surface area contributed by atoms with Crippen molar-refractivity contribution in [3.8, 4) is 5.75 Å². The predicted molar refractivity (Wildman–Crippen MR) is 85.7 cm³/mol. The maximum Gasteiger partial charge on any atom is 0.216 e. The fourth-order valence-electron chi connectivity index (χ4n) is 1.92. The maximum absolute atomic E-state index is 10.1. The lowest BCUT2D eigenvalue weighted by molar-refractivity contribution is 0.280. The Bertz CT molecular complexity index is 771. The predicted octanol–water partition coefficient (Wildman–Crippen LogP) is 2.02. The van der Waals surface area contributed by atoms with E-state index < -0.39 is 0 Å². The Morgan fingerprint density at radius 3 is 2.73 bits per heavy atom. The molecule has 0 fully saturated rings. The van der Waals surface area contributed by atoms with Gasteiger partial charge < -0.3 is 10.2 Å². The maximum atomic E-state index is 10.1. The minimum atomic E-state index is -0.249. The van der Waals surface area contributed by atoms with Crippen molar-refractivity contribution < 1.29 is 10.2 Å². The second kappa shape index (κ2) is 5.98. The van der Waals surface area contributed by atoms with E-state index in [1.165, 1.54) is 17.1 Å². The van der Waals surface area contributed by atoms with E-state index in [0.717, 1.165) is 0 Å². The van der Waals surface area contributed by atoms with Crippen LogP contribution >= 0.6 is 12.2 Å². The molecule has 118 valence electrons. The molecule has 0 saturated heterocycles. The molecule has 0 saturated carbocycles. The summed E-state index contributed by atoms with van der Waals surface area (Å²) in [6.45, 7) is 7.43. The van der Waals surface area contributed by atoms with Gasteiger partial charge in [0.15, 0.2) is 5.82 Å². The lowest BCUT2D eigenvalue weighted by Crippen LogP contribution is -2.17. The Labute approximate surface area is 133 Å². The first-order valence-corrected chi connectivity index (χ1v) is 7.17. The highest BCUT2D eigenvalue weighted by atomic mass is 32.1. The summed E-state index contributed by atoms with van der Waals surface area (Å²) < 4.78 is 1.86. The molecule has 0 spiro atoms. The molecule has 8 heteroatoms. The van der Waals surface area contributed by atoms with E-state index in [2.05, 4.69) is 20.3 Å². The molecule has 0 bridgehead atoms. The molecule has 3 N–H and O–H groups in total. The van der Waals surface area contributed by atoms with Gasteiger partial charge in [-0.25, -0.2) is 0 Å². The van der Waals surface area contributed by atoms with Gasteiger partial charge in [-0.2, -0.15) is 14.9 Å². The van der Waals surface area contributed by atoms with Crippen molar-refractivity contribution in [1.82, 2.24) is 19.9 Å². The van der Waals surface area contributed by atoms with E-state index >= 15 is 0 Å². The average molecular weight is 321 g/mol. The second-order valence-corrected chi connectivity index (χ2v) is 6.33. The number of hydrogen-bond acceptors (Lipinski definition) is 6. The normalized spacial score (nSPS) is 12.2. The van der Waals surface area contributed by atoms with Crippen LogP contribution in [-0.4, -0.2) is 36.3 Å². The minimum Gasteiger partial charge on any atom is -0.505 e. The fourth-order valence-corrected chi connectivity index (χ4v) is 2.10. The molecule has 0 aromatic carbocycles. The van der Waals surface area contributed by atoms with Crippen LogP contribution < -0.4 is 0 Å². The summed E-state index contributed by atoms with van der Waals surface area (Å²) in [7, 11) is 0. The van der Waals surface area contributed by atoms with E-state index in [4.69, 9.17) is 12.2 Å². The molecule has 22 heavy (non-hydrogen) atoms. The summed E-state index contributed by atoms with van der Waals surface area (Å²) in [6, 6.07) is 0. The van der Waals surface area contributed by atoms with Crippen LogP contribution in [0.4, 0.5) is 0 Å². The van der Waals surface area contributed by atoms with E-state index in [9.17, 15) is 10.2 Å². The third-order valence-electron chi connectivity index (χ3n) is 3.15. The zero-order valence-electron chi connectivity index (χ0n) is 13.0. The summed E-state index contributed by atoms with van der Waals surface area (Å²) in [5.74, 6) is 0.659. The van der Waals surface area contributed by atoms with Gasteiger partial charge in [-0.05, 0) is 19.1 Å². The number of pyridine rings is 1. The molecule has 7 nitrogen and oxygen atoms in total. The highest BCUT2D eigenvalue weighted by molar-refractivity contribution is 7.71. The zero-order chi connectivity index (χ0) is 16.5. The number of aromatic hydroxyl groups is 1. The highest BCUT2D eigenvalue weighted by Gasteiger charge is 2.21. The molecule has 0 unspecified atom stereocenters. The van der Waals surface area contributed by atoms with Gasteiger partial charge in [-0.1, -0.05) is 20.8 Å². The topological polar surface area (TPSA) is 99.3 Å². The van der Waals surface area contributed by atoms with Gasteiger partial charge in [-0.15, -0.1) is 0 Å². The Kier molecular flexibility index (Phi) is 4.43. The quantitative estimate of drug-likeness (QED) is 0.593. The molecule has 0 aliphatic rings. The number of H-pyrrole nitrogens is 1. The smallest absolute Gasteiger partial charge is 0.216 e. The average Bonchev–Trinajstić information content (AvgIpc) is 2.81. The number of aliphatic hydroxyl groups is 1. The molecule has 0 aliphatic heterocycles. The third-order valence-corrected chi connectivity index (χ3v) is 3.42. The summed E-state index contributed by atoms with van der Waals surface area (Å²) in [6.07, 6.45) is 2.96. The number of aryl methyl sites for hydroxylation is 1. The summed E-state index contributed by atoms with van der Waals surface area (Å²) in [5.41, 5.74) is 1.11. The van der Waals surface area contributed by atoms with Gasteiger partial charge in [0, 0.05) is 22.7 Å². The van der Waals surface area contributed by atoms with Crippen LogP contribution in [0.2, 0.25) is 0 Å². The number of aromatic amines is 1. The first-order chi connectivity index (χ1) is 10.3. The first kappa shape index (κ1) is 16.3. The van der Waals surface area contributed by atoms with Crippen LogP contribution in [0.3, 0.4) is 0 Å². The van der Waals surface area contributed by atoms with Crippen LogP contribution in [0.25, 0.3) is 0 Å². The van der Waals surface area contributed by atoms with Crippen LogP contribution in [0, 0.1) is 11.7 Å². The SMILES string of the molecule is Cc1ncc(CO)c(/C=N/n2c(C(C)(C)C)n[nH]c2=S)c1O. The van der Waals surface area contributed by atoms with Crippen LogP contribution in [0.1, 0.15) is 43.4 Å². The van der Waals surface area contributed by atoms with Gasteiger partial charge in [0.2, 0.25) is 4.77 Å². The number of aromatic nitrogens is 4. The third kappa shape index (κ3) is 3.07. The summed E-state index contributed by atoms with van der Waals surface area (Å²) >= 11 is 5.18. The van der Waals surface area contributed by atoms with Crippen molar-refractivity contribution in [2.45, 2.75) is 39.7 Å². The van der Waals surface area contributed by atoms with Gasteiger partial charge in [-0.3, -0.25) is 10.1 Å². The molecular formula is C14H19N5O2S. The molecule has 0 aliphatic carbocycles. The number of rotatable bonds is 3. The van der Waals surface area contributed by atoms with Crippen LogP contribution in [0.5, 0.6) is 5.75 Å². The van der Waals surface area contributed by atoms with E-state index in [0.29, 0.717) is 27.4 Å². The van der Waals surface area contributed by atoms with E-state index in [1.807, 2.05) is 20.8 Å². The standard InChI is InChI=1S/C14H19N5O2S/c1-8-11(21)10(9(7-20)5-15-8)6-16-19-12(14(2,3)4)17-18-13(19)22/h5-6,20-21H,7H2,1-4H3,(H,18,22)/b16-6+. The number of hydrogen-bond donors (Lipinski definition) is 3. The largest absolute Gasteiger partial charge is 0.505 e. The van der Waals surface area contributed by atoms with Crippen LogP contribution in [0.15, 0.2) is 11.3 Å².